The second-order valence-electron chi connectivity index (χ2n) is 4.86. The van der Waals surface area contributed by atoms with Crippen molar-refractivity contribution < 1.29 is 9.53 Å². The first-order chi connectivity index (χ1) is 11.1. The van der Waals surface area contributed by atoms with Gasteiger partial charge in [-0.3, -0.25) is 4.79 Å². The van der Waals surface area contributed by atoms with Crippen LogP contribution >= 0.6 is 23.2 Å². The summed E-state index contributed by atoms with van der Waals surface area (Å²) in [5.41, 5.74) is 1.43. The van der Waals surface area contributed by atoms with Gasteiger partial charge in [0.05, 0.1) is 17.3 Å². The first-order valence-electron chi connectivity index (χ1n) is 7.25. The van der Waals surface area contributed by atoms with Crippen molar-refractivity contribution in [2.75, 3.05) is 11.9 Å². The molecule has 1 N–H and O–H groups in total. The van der Waals surface area contributed by atoms with Gasteiger partial charge in [-0.05, 0) is 48.4 Å². The average Bonchev–Trinajstić information content (AvgIpc) is 2.54. The van der Waals surface area contributed by atoms with E-state index in [0.717, 1.165) is 17.7 Å². The molecule has 1 amide bonds. The first kappa shape index (κ1) is 17.4. The van der Waals surface area contributed by atoms with Crippen molar-refractivity contribution in [2.45, 2.75) is 13.3 Å². The molecule has 0 saturated heterocycles. The highest BCUT2D eigenvalue weighted by Crippen LogP contribution is 2.25. The van der Waals surface area contributed by atoms with Gasteiger partial charge in [-0.1, -0.05) is 42.3 Å². The minimum absolute atomic E-state index is 0.263. The van der Waals surface area contributed by atoms with Gasteiger partial charge in [0.1, 0.15) is 5.75 Å². The second kappa shape index (κ2) is 8.61. The number of hydrogen-bond acceptors (Lipinski definition) is 2. The maximum Gasteiger partial charge on any atom is 0.248 e. The quantitative estimate of drug-likeness (QED) is 0.705. The Hall–Kier alpha value is -1.97. The molecule has 0 radical (unpaired) electrons. The molecule has 0 atom stereocenters. The van der Waals surface area contributed by atoms with E-state index in [-0.39, 0.29) is 5.91 Å². The van der Waals surface area contributed by atoms with Crippen LogP contribution in [0.4, 0.5) is 5.69 Å². The molecular formula is C18H17Cl2NO2. The van der Waals surface area contributed by atoms with Crippen LogP contribution in [0.1, 0.15) is 18.9 Å². The van der Waals surface area contributed by atoms with E-state index >= 15 is 0 Å². The Morgan fingerprint density at radius 1 is 1.17 bits per heavy atom. The highest BCUT2D eigenvalue weighted by Gasteiger charge is 2.03. The molecule has 2 aromatic rings. The van der Waals surface area contributed by atoms with Gasteiger partial charge in [-0.2, -0.15) is 0 Å². The number of nitrogens with one attached hydrogen (secondary N) is 1. The molecule has 0 fully saturated rings. The summed E-state index contributed by atoms with van der Waals surface area (Å²) in [4.78, 5) is 11.9. The monoisotopic (exact) mass is 349 g/mol. The van der Waals surface area contributed by atoms with E-state index in [9.17, 15) is 4.79 Å². The summed E-state index contributed by atoms with van der Waals surface area (Å²) in [5, 5.41) is 3.63. The fourth-order valence-electron chi connectivity index (χ4n) is 1.83. The van der Waals surface area contributed by atoms with Crippen LogP contribution in [0.25, 0.3) is 6.08 Å². The summed E-state index contributed by atoms with van der Waals surface area (Å²) in [5.74, 6) is 0.557. The van der Waals surface area contributed by atoms with Gasteiger partial charge in [0.25, 0.3) is 0 Å². The van der Waals surface area contributed by atoms with Crippen LogP contribution in [0.5, 0.6) is 5.75 Å². The molecule has 0 saturated carbocycles. The number of ether oxygens (including phenoxy) is 1. The SMILES string of the molecule is CCCOc1ccc(/C=C/C(=O)Nc2ccc(Cl)cc2Cl)cc1. The van der Waals surface area contributed by atoms with Crippen LogP contribution in [0.3, 0.4) is 0 Å². The summed E-state index contributed by atoms with van der Waals surface area (Å²) in [6.07, 6.45) is 4.14. The molecule has 0 spiro atoms. The number of halogens is 2. The van der Waals surface area contributed by atoms with Gasteiger partial charge in [0.15, 0.2) is 0 Å². The zero-order chi connectivity index (χ0) is 16.7. The zero-order valence-electron chi connectivity index (χ0n) is 12.7. The van der Waals surface area contributed by atoms with E-state index in [2.05, 4.69) is 12.2 Å². The summed E-state index contributed by atoms with van der Waals surface area (Å²) in [6, 6.07) is 12.5. The van der Waals surface area contributed by atoms with E-state index in [1.165, 1.54) is 6.08 Å². The standard InChI is InChI=1S/C18H17Cl2NO2/c1-2-11-23-15-7-3-13(4-8-15)5-10-18(22)21-17-9-6-14(19)12-16(17)20/h3-10,12H,2,11H2,1H3,(H,21,22)/b10-5+. The van der Waals surface area contributed by atoms with Crippen molar-refractivity contribution in [3.8, 4) is 5.75 Å². The van der Waals surface area contributed by atoms with E-state index in [0.29, 0.717) is 22.3 Å². The number of hydrogen-bond donors (Lipinski definition) is 1. The lowest BCUT2D eigenvalue weighted by Gasteiger charge is -2.05. The second-order valence-corrected chi connectivity index (χ2v) is 5.71. The van der Waals surface area contributed by atoms with Gasteiger partial charge in [0, 0.05) is 11.1 Å². The zero-order valence-corrected chi connectivity index (χ0v) is 14.2. The van der Waals surface area contributed by atoms with Crippen LogP contribution in [0.15, 0.2) is 48.5 Å². The number of rotatable bonds is 6. The van der Waals surface area contributed by atoms with E-state index < -0.39 is 0 Å². The molecule has 0 unspecified atom stereocenters. The lowest BCUT2D eigenvalue weighted by atomic mass is 10.2. The van der Waals surface area contributed by atoms with Crippen molar-refractivity contribution in [3.05, 3.63) is 64.1 Å². The molecule has 23 heavy (non-hydrogen) atoms. The van der Waals surface area contributed by atoms with Gasteiger partial charge in [-0.15, -0.1) is 0 Å². The van der Waals surface area contributed by atoms with Crippen molar-refractivity contribution >= 4 is 40.9 Å². The maximum absolute atomic E-state index is 11.9. The van der Waals surface area contributed by atoms with Crippen molar-refractivity contribution in [3.63, 3.8) is 0 Å². The minimum Gasteiger partial charge on any atom is -0.494 e. The summed E-state index contributed by atoms with van der Waals surface area (Å²) < 4.78 is 5.51. The molecule has 0 aliphatic rings. The Kier molecular flexibility index (Phi) is 6.51. The van der Waals surface area contributed by atoms with Crippen molar-refractivity contribution in [1.29, 1.82) is 0 Å². The maximum atomic E-state index is 11.9. The lowest BCUT2D eigenvalue weighted by Crippen LogP contribution is -2.08. The topological polar surface area (TPSA) is 38.3 Å². The summed E-state index contributed by atoms with van der Waals surface area (Å²) in [6.45, 7) is 2.75. The van der Waals surface area contributed by atoms with Gasteiger partial charge in [0.2, 0.25) is 5.91 Å². The molecule has 0 heterocycles. The Morgan fingerprint density at radius 2 is 1.91 bits per heavy atom. The molecule has 0 aliphatic carbocycles. The number of benzene rings is 2. The molecule has 2 aromatic carbocycles. The van der Waals surface area contributed by atoms with Crippen LogP contribution in [0, 0.1) is 0 Å². The molecular weight excluding hydrogens is 333 g/mol. The van der Waals surface area contributed by atoms with E-state index in [4.69, 9.17) is 27.9 Å². The third-order valence-corrected chi connectivity index (χ3v) is 3.52. The molecule has 5 heteroatoms. The van der Waals surface area contributed by atoms with Crippen molar-refractivity contribution in [1.82, 2.24) is 0 Å². The largest absolute Gasteiger partial charge is 0.494 e. The van der Waals surface area contributed by atoms with Crippen LogP contribution in [-0.4, -0.2) is 12.5 Å². The Balaban J connectivity index is 1.95. The normalized spacial score (nSPS) is 10.7. The molecule has 0 aromatic heterocycles. The average molecular weight is 350 g/mol. The third-order valence-electron chi connectivity index (χ3n) is 2.97. The van der Waals surface area contributed by atoms with E-state index in [1.54, 1.807) is 24.3 Å². The fourth-order valence-corrected chi connectivity index (χ4v) is 2.29. The Bertz CT molecular complexity index is 697. The fraction of sp³-hybridized carbons (Fsp3) is 0.167. The van der Waals surface area contributed by atoms with Gasteiger partial charge < -0.3 is 10.1 Å². The van der Waals surface area contributed by atoms with Gasteiger partial charge in [-0.25, -0.2) is 0 Å². The number of amides is 1. The molecule has 2 rings (SSSR count). The smallest absolute Gasteiger partial charge is 0.248 e. The van der Waals surface area contributed by atoms with E-state index in [1.807, 2.05) is 24.3 Å². The van der Waals surface area contributed by atoms with Crippen molar-refractivity contribution in [2.24, 2.45) is 0 Å². The third kappa shape index (κ3) is 5.62. The molecule has 0 bridgehead atoms. The van der Waals surface area contributed by atoms with Crippen LogP contribution < -0.4 is 10.1 Å². The number of anilines is 1. The van der Waals surface area contributed by atoms with Crippen LogP contribution in [-0.2, 0) is 4.79 Å². The molecule has 0 aliphatic heterocycles. The predicted molar refractivity (Wildman–Crippen MR) is 96.4 cm³/mol. The number of carbonyl (C=O) groups excluding carboxylic acids is 1. The summed E-state index contributed by atoms with van der Waals surface area (Å²) >= 11 is 11.8. The Morgan fingerprint density at radius 3 is 2.57 bits per heavy atom. The molecule has 120 valence electrons. The highest BCUT2D eigenvalue weighted by atomic mass is 35.5. The predicted octanol–water partition coefficient (Wildman–Crippen LogP) is 5.43. The minimum atomic E-state index is -0.263. The molecule has 3 nitrogen and oxygen atoms in total. The first-order valence-corrected chi connectivity index (χ1v) is 8.01. The number of carbonyl (C=O) groups is 1. The Labute approximate surface area is 145 Å². The highest BCUT2D eigenvalue weighted by molar-refractivity contribution is 6.36. The summed E-state index contributed by atoms with van der Waals surface area (Å²) in [7, 11) is 0. The van der Waals surface area contributed by atoms with Gasteiger partial charge >= 0.3 is 0 Å². The lowest BCUT2D eigenvalue weighted by molar-refractivity contribution is -0.111. The van der Waals surface area contributed by atoms with Crippen LogP contribution in [0.2, 0.25) is 10.0 Å².